The largest absolute Gasteiger partial charge is 0.329 e. The monoisotopic (exact) mass is 542 g/mol. The molecule has 1 heterocycles. The van der Waals surface area contributed by atoms with E-state index in [9.17, 15) is 9.59 Å². The first-order valence-corrected chi connectivity index (χ1v) is 14.1. The van der Waals surface area contributed by atoms with E-state index in [1.54, 1.807) is 9.58 Å². The zero-order valence-corrected chi connectivity index (χ0v) is 23.2. The fraction of sp³-hybridized carbons (Fsp3) is 0.171. The molecule has 2 amide bonds. The van der Waals surface area contributed by atoms with E-state index in [4.69, 9.17) is 5.10 Å². The van der Waals surface area contributed by atoms with Crippen LogP contribution in [-0.2, 0) is 4.79 Å². The minimum atomic E-state index is -0.271. The van der Waals surface area contributed by atoms with Crippen LogP contribution in [0.5, 0.6) is 0 Å². The Morgan fingerprint density at radius 2 is 1.32 bits per heavy atom. The summed E-state index contributed by atoms with van der Waals surface area (Å²) in [4.78, 5) is 28.6. The first-order chi connectivity index (χ1) is 20.1. The maximum Gasteiger partial charge on any atom is 0.254 e. The van der Waals surface area contributed by atoms with Gasteiger partial charge in [-0.3, -0.25) is 9.59 Å². The van der Waals surface area contributed by atoms with Crippen LogP contribution in [0, 0.1) is 0 Å². The highest BCUT2D eigenvalue weighted by molar-refractivity contribution is 5.99. The number of aromatic nitrogens is 2. The Kier molecular flexibility index (Phi) is 9.01. The van der Waals surface area contributed by atoms with E-state index in [0.717, 1.165) is 47.3 Å². The molecule has 0 saturated carbocycles. The molecule has 0 unspecified atom stereocenters. The van der Waals surface area contributed by atoms with Crippen molar-refractivity contribution in [2.24, 2.45) is 0 Å². The van der Waals surface area contributed by atoms with Crippen molar-refractivity contribution in [3.8, 4) is 28.1 Å². The zero-order valence-electron chi connectivity index (χ0n) is 23.2. The molecule has 6 heteroatoms. The molecule has 0 spiro atoms. The number of carbonyl (C=O) groups is 2. The lowest BCUT2D eigenvalue weighted by Gasteiger charge is -2.22. The molecule has 1 N–H and O–H groups in total. The first-order valence-electron chi connectivity index (χ1n) is 14.1. The van der Waals surface area contributed by atoms with Crippen molar-refractivity contribution in [2.45, 2.75) is 26.2 Å². The summed E-state index contributed by atoms with van der Waals surface area (Å²) in [5.74, 6) is 0.123. The van der Waals surface area contributed by atoms with E-state index >= 15 is 0 Å². The summed E-state index contributed by atoms with van der Waals surface area (Å²) in [5, 5.41) is 7.81. The number of nitrogens with zero attached hydrogens (tertiary/aromatic N) is 3. The highest BCUT2D eigenvalue weighted by atomic mass is 16.2. The summed E-state index contributed by atoms with van der Waals surface area (Å²) in [6.45, 7) is 2.58. The lowest BCUT2D eigenvalue weighted by Crippen LogP contribution is -2.39. The molecule has 5 aromatic rings. The highest BCUT2D eigenvalue weighted by Gasteiger charge is 2.21. The Morgan fingerprint density at radius 1 is 0.732 bits per heavy atom. The molecule has 0 radical (unpaired) electrons. The number of rotatable bonds is 11. The number of hydrogen-bond acceptors (Lipinski definition) is 3. The number of anilines is 1. The molecule has 1 aromatic heterocycles. The van der Waals surface area contributed by atoms with Crippen LogP contribution in [-0.4, -0.2) is 39.6 Å². The lowest BCUT2D eigenvalue weighted by molar-refractivity contribution is -0.117. The highest BCUT2D eigenvalue weighted by Crippen LogP contribution is 2.25. The molecule has 0 aliphatic heterocycles. The molecule has 206 valence electrons. The second-order valence-electron chi connectivity index (χ2n) is 9.95. The Balaban J connectivity index is 1.36. The van der Waals surface area contributed by atoms with E-state index in [2.05, 4.69) is 12.2 Å². The quantitative estimate of drug-likeness (QED) is 0.176. The number of carbonyl (C=O) groups excluding carboxylic acids is 2. The SMILES string of the molecule is CCCCCN(CC(=O)Nc1cc(-c2ccccc2)nn1-c1ccccc1)C(=O)c1ccc(-c2ccccc2)cc1. The lowest BCUT2D eigenvalue weighted by atomic mass is 10.0. The topological polar surface area (TPSA) is 67.2 Å². The number of amides is 2. The average Bonchev–Trinajstić information content (AvgIpc) is 3.45. The summed E-state index contributed by atoms with van der Waals surface area (Å²) in [6, 6.07) is 39.1. The van der Waals surface area contributed by atoms with Gasteiger partial charge < -0.3 is 10.2 Å². The summed E-state index contributed by atoms with van der Waals surface area (Å²) in [7, 11) is 0. The van der Waals surface area contributed by atoms with Gasteiger partial charge in [-0.05, 0) is 41.8 Å². The van der Waals surface area contributed by atoms with Crippen molar-refractivity contribution in [1.82, 2.24) is 14.7 Å². The van der Waals surface area contributed by atoms with Crippen LogP contribution in [0.15, 0.2) is 121 Å². The van der Waals surface area contributed by atoms with Crippen LogP contribution in [0.1, 0.15) is 36.5 Å². The Labute approximate surface area is 241 Å². The molecule has 0 fully saturated rings. The van der Waals surface area contributed by atoms with Gasteiger partial charge in [0, 0.05) is 23.7 Å². The molecule has 0 atom stereocenters. The van der Waals surface area contributed by atoms with Gasteiger partial charge in [0.1, 0.15) is 12.4 Å². The molecule has 4 aromatic carbocycles. The number of benzene rings is 4. The smallest absolute Gasteiger partial charge is 0.254 e. The van der Waals surface area contributed by atoms with E-state index in [0.29, 0.717) is 17.9 Å². The Hall–Kier alpha value is -4.97. The van der Waals surface area contributed by atoms with Gasteiger partial charge in [0.2, 0.25) is 5.91 Å². The van der Waals surface area contributed by atoms with Crippen molar-refractivity contribution in [1.29, 1.82) is 0 Å². The van der Waals surface area contributed by atoms with Crippen LogP contribution in [0.25, 0.3) is 28.1 Å². The van der Waals surface area contributed by atoms with Crippen LogP contribution >= 0.6 is 0 Å². The molecule has 5 rings (SSSR count). The first kappa shape index (κ1) is 27.6. The summed E-state index contributed by atoms with van der Waals surface area (Å²) < 4.78 is 1.73. The van der Waals surface area contributed by atoms with Crippen LogP contribution in [0.2, 0.25) is 0 Å². The van der Waals surface area contributed by atoms with Crippen LogP contribution < -0.4 is 5.32 Å². The Morgan fingerprint density at radius 3 is 1.95 bits per heavy atom. The minimum absolute atomic E-state index is 0.0520. The number of hydrogen-bond donors (Lipinski definition) is 1. The van der Waals surface area contributed by atoms with Gasteiger partial charge in [-0.2, -0.15) is 5.10 Å². The maximum atomic E-state index is 13.6. The standard InChI is InChI=1S/C35H34N4O2/c1-2-3-13-24-38(35(41)30-22-20-28(21-23-30)27-14-7-4-8-15-27)26-34(40)36-33-25-32(29-16-9-5-10-17-29)37-39(33)31-18-11-6-12-19-31/h4-12,14-23,25H,2-3,13,24,26H2,1H3,(H,36,40). The number of para-hydroxylation sites is 1. The normalized spacial score (nSPS) is 10.8. The van der Waals surface area contributed by atoms with Crippen molar-refractivity contribution >= 4 is 17.6 Å². The average molecular weight is 543 g/mol. The van der Waals surface area contributed by atoms with E-state index < -0.39 is 0 Å². The van der Waals surface area contributed by atoms with Crippen molar-refractivity contribution < 1.29 is 9.59 Å². The third kappa shape index (κ3) is 6.97. The minimum Gasteiger partial charge on any atom is -0.329 e. The molecule has 0 bridgehead atoms. The summed E-state index contributed by atoms with van der Waals surface area (Å²) in [6.07, 6.45) is 2.84. The summed E-state index contributed by atoms with van der Waals surface area (Å²) in [5.41, 5.74) is 5.23. The zero-order chi connectivity index (χ0) is 28.4. The molecule has 0 aliphatic carbocycles. The third-order valence-electron chi connectivity index (χ3n) is 6.94. The third-order valence-corrected chi connectivity index (χ3v) is 6.94. The van der Waals surface area contributed by atoms with Gasteiger partial charge in [-0.15, -0.1) is 0 Å². The molecular weight excluding hydrogens is 508 g/mol. The van der Waals surface area contributed by atoms with Gasteiger partial charge in [0.15, 0.2) is 0 Å². The van der Waals surface area contributed by atoms with Gasteiger partial charge in [-0.25, -0.2) is 4.68 Å². The van der Waals surface area contributed by atoms with Gasteiger partial charge in [-0.1, -0.05) is 111 Å². The molecular formula is C35H34N4O2. The fourth-order valence-corrected chi connectivity index (χ4v) is 4.77. The van der Waals surface area contributed by atoms with Crippen molar-refractivity contribution in [2.75, 3.05) is 18.4 Å². The van der Waals surface area contributed by atoms with E-state index in [1.165, 1.54) is 0 Å². The van der Waals surface area contributed by atoms with Gasteiger partial charge >= 0.3 is 0 Å². The van der Waals surface area contributed by atoms with Crippen molar-refractivity contribution in [3.05, 3.63) is 127 Å². The summed E-state index contributed by atoms with van der Waals surface area (Å²) >= 11 is 0. The van der Waals surface area contributed by atoms with Crippen molar-refractivity contribution in [3.63, 3.8) is 0 Å². The second-order valence-corrected chi connectivity index (χ2v) is 9.95. The molecule has 41 heavy (non-hydrogen) atoms. The van der Waals surface area contributed by atoms with Gasteiger partial charge in [0.25, 0.3) is 5.91 Å². The van der Waals surface area contributed by atoms with E-state index in [1.807, 2.05) is 121 Å². The fourth-order valence-electron chi connectivity index (χ4n) is 4.77. The predicted octanol–water partition coefficient (Wildman–Crippen LogP) is 7.48. The molecule has 6 nitrogen and oxygen atoms in total. The second kappa shape index (κ2) is 13.4. The Bertz CT molecular complexity index is 1560. The number of unbranched alkanes of at least 4 members (excludes halogenated alkanes) is 2. The molecule has 0 aliphatic rings. The maximum absolute atomic E-state index is 13.6. The van der Waals surface area contributed by atoms with Gasteiger partial charge in [0.05, 0.1) is 11.4 Å². The van der Waals surface area contributed by atoms with Crippen LogP contribution in [0.4, 0.5) is 5.82 Å². The molecule has 0 saturated heterocycles. The predicted molar refractivity (Wildman–Crippen MR) is 165 cm³/mol. The van der Waals surface area contributed by atoms with Crippen LogP contribution in [0.3, 0.4) is 0 Å². The number of nitrogens with one attached hydrogen (secondary N) is 1. The van der Waals surface area contributed by atoms with E-state index in [-0.39, 0.29) is 18.4 Å².